The van der Waals surface area contributed by atoms with Gasteiger partial charge in [0.15, 0.2) is 0 Å². The molecule has 3 aromatic carbocycles. The minimum Gasteiger partial charge on any atom is -0.369 e. The molecule has 1 N–H and O–H groups in total. The minimum absolute atomic E-state index is 0.743. The fraction of sp³-hybridized carbons (Fsp3) is 0.344. The van der Waals surface area contributed by atoms with Gasteiger partial charge in [-0.3, -0.25) is 4.98 Å². The molecule has 1 saturated carbocycles. The van der Waals surface area contributed by atoms with Crippen LogP contribution in [0.4, 0.5) is 17.1 Å². The summed E-state index contributed by atoms with van der Waals surface area (Å²) < 4.78 is 0. The molecule has 4 nitrogen and oxygen atoms in total. The Kier molecular flexibility index (Phi) is 6.61. The predicted octanol–water partition coefficient (Wildman–Crippen LogP) is 7.44. The Morgan fingerprint density at radius 3 is 2.22 bits per heavy atom. The lowest BCUT2D eigenvalue weighted by atomic mass is 9.83. The zero-order valence-corrected chi connectivity index (χ0v) is 21.3. The largest absolute Gasteiger partial charge is 0.369 e. The van der Waals surface area contributed by atoms with Gasteiger partial charge in [-0.2, -0.15) is 0 Å². The summed E-state index contributed by atoms with van der Waals surface area (Å²) in [5, 5.41) is 4.80. The lowest BCUT2D eigenvalue weighted by Gasteiger charge is -2.34. The van der Waals surface area contributed by atoms with Crippen molar-refractivity contribution in [1.29, 1.82) is 0 Å². The van der Waals surface area contributed by atoms with Crippen molar-refractivity contribution in [3.63, 3.8) is 0 Å². The second-order valence-electron chi connectivity index (χ2n) is 10.5. The first-order valence-corrected chi connectivity index (χ1v) is 13.5. The molecule has 2 aliphatic rings. The van der Waals surface area contributed by atoms with Gasteiger partial charge in [0.2, 0.25) is 0 Å². The Morgan fingerprint density at radius 1 is 0.750 bits per heavy atom. The number of nitrogens with zero attached hydrogens (tertiary/aromatic N) is 3. The predicted molar refractivity (Wildman–Crippen MR) is 152 cm³/mol. The number of fused-ring (bicyclic) bond motifs is 1. The van der Waals surface area contributed by atoms with Gasteiger partial charge in [-0.15, -0.1) is 0 Å². The van der Waals surface area contributed by atoms with Crippen molar-refractivity contribution in [2.45, 2.75) is 38.0 Å². The number of rotatable bonds is 5. The molecule has 4 heteroatoms. The number of pyridine rings is 1. The third-order valence-electron chi connectivity index (χ3n) is 8.08. The Balaban J connectivity index is 1.22. The van der Waals surface area contributed by atoms with Crippen molar-refractivity contribution in [2.24, 2.45) is 0 Å². The van der Waals surface area contributed by atoms with Gasteiger partial charge in [0.05, 0.1) is 5.52 Å². The quantitative estimate of drug-likeness (QED) is 0.324. The highest BCUT2D eigenvalue weighted by molar-refractivity contribution is 5.95. The van der Waals surface area contributed by atoms with E-state index in [0.29, 0.717) is 0 Å². The summed E-state index contributed by atoms with van der Waals surface area (Å²) in [6.07, 6.45) is 8.72. The molecule has 6 rings (SSSR count). The number of aromatic nitrogens is 1. The molecule has 36 heavy (non-hydrogen) atoms. The number of piperazine rings is 1. The SMILES string of the molecule is CN1CCN(c2ccc(Nc3ccnc4ccc(-c5ccc(C6CCCCC6)cc5)cc34)cc2)CC1. The first-order chi connectivity index (χ1) is 17.7. The van der Waals surface area contributed by atoms with Crippen LogP contribution in [0.3, 0.4) is 0 Å². The normalized spacial score (nSPS) is 17.4. The minimum atomic E-state index is 0.743. The first-order valence-electron chi connectivity index (χ1n) is 13.5. The van der Waals surface area contributed by atoms with E-state index in [4.69, 9.17) is 0 Å². The molecule has 2 fully saturated rings. The number of likely N-dealkylation sites (N-methyl/N-ethyl adjacent to an activating group) is 1. The number of hydrogen-bond acceptors (Lipinski definition) is 4. The summed E-state index contributed by atoms with van der Waals surface area (Å²) >= 11 is 0. The van der Waals surface area contributed by atoms with E-state index in [0.717, 1.165) is 54.4 Å². The van der Waals surface area contributed by atoms with E-state index < -0.39 is 0 Å². The highest BCUT2D eigenvalue weighted by atomic mass is 15.2. The van der Waals surface area contributed by atoms with Gasteiger partial charge in [-0.05, 0) is 85.0 Å². The van der Waals surface area contributed by atoms with E-state index >= 15 is 0 Å². The highest BCUT2D eigenvalue weighted by Gasteiger charge is 2.16. The van der Waals surface area contributed by atoms with E-state index in [1.807, 2.05) is 6.20 Å². The maximum atomic E-state index is 4.62. The highest BCUT2D eigenvalue weighted by Crippen LogP contribution is 2.35. The van der Waals surface area contributed by atoms with Crippen molar-refractivity contribution >= 4 is 28.0 Å². The van der Waals surface area contributed by atoms with Gasteiger partial charge in [-0.25, -0.2) is 0 Å². The van der Waals surface area contributed by atoms with Gasteiger partial charge in [-0.1, -0.05) is 49.6 Å². The van der Waals surface area contributed by atoms with Crippen LogP contribution in [-0.4, -0.2) is 43.1 Å². The molecule has 184 valence electrons. The van der Waals surface area contributed by atoms with Crippen molar-refractivity contribution in [1.82, 2.24) is 9.88 Å². The summed E-state index contributed by atoms with van der Waals surface area (Å²) in [4.78, 5) is 9.48. The summed E-state index contributed by atoms with van der Waals surface area (Å²) in [5.41, 5.74) is 8.50. The molecule has 0 radical (unpaired) electrons. The van der Waals surface area contributed by atoms with Crippen LogP contribution in [0.1, 0.15) is 43.6 Å². The summed E-state index contributed by atoms with van der Waals surface area (Å²) in [6.45, 7) is 4.41. The molecule has 0 spiro atoms. The Bertz CT molecular complexity index is 1300. The molecular formula is C32H36N4. The van der Waals surface area contributed by atoms with Crippen LogP contribution in [0, 0.1) is 0 Å². The Labute approximate surface area is 215 Å². The van der Waals surface area contributed by atoms with Crippen LogP contribution in [0.25, 0.3) is 22.0 Å². The molecule has 0 unspecified atom stereocenters. The van der Waals surface area contributed by atoms with Crippen molar-refractivity contribution < 1.29 is 0 Å². The summed E-state index contributed by atoms with van der Waals surface area (Å²) in [6, 6.07) is 26.8. The van der Waals surface area contributed by atoms with Crippen molar-refractivity contribution in [3.05, 3.63) is 84.6 Å². The van der Waals surface area contributed by atoms with Crippen molar-refractivity contribution in [3.8, 4) is 11.1 Å². The fourth-order valence-corrected chi connectivity index (χ4v) is 5.79. The number of anilines is 3. The molecule has 1 saturated heterocycles. The molecule has 1 aliphatic heterocycles. The Morgan fingerprint density at radius 2 is 1.47 bits per heavy atom. The molecule has 4 aromatic rings. The van der Waals surface area contributed by atoms with Gasteiger partial charge in [0.1, 0.15) is 0 Å². The molecule has 0 atom stereocenters. The van der Waals surface area contributed by atoms with Crippen LogP contribution < -0.4 is 10.2 Å². The molecule has 0 amide bonds. The molecule has 2 heterocycles. The van der Waals surface area contributed by atoms with Gasteiger partial charge in [0.25, 0.3) is 0 Å². The smallest absolute Gasteiger partial charge is 0.0723 e. The van der Waals surface area contributed by atoms with Gasteiger partial charge in [0, 0.05) is 54.8 Å². The standard InChI is InChI=1S/C32H36N4/c1-35-19-21-36(22-20-35)29-14-12-28(13-15-29)34-32-17-18-33-31-16-11-27(23-30(31)32)26-9-7-25(8-10-26)24-5-3-2-4-6-24/h7-18,23-24H,2-6,19-22H2,1H3,(H,33,34). The van der Waals surface area contributed by atoms with E-state index in [9.17, 15) is 0 Å². The zero-order chi connectivity index (χ0) is 24.3. The van der Waals surface area contributed by atoms with Gasteiger partial charge < -0.3 is 15.1 Å². The fourth-order valence-electron chi connectivity index (χ4n) is 5.79. The Hall–Kier alpha value is -3.37. The average Bonchev–Trinajstić information content (AvgIpc) is 2.94. The monoisotopic (exact) mass is 476 g/mol. The first kappa shape index (κ1) is 23.1. The van der Waals surface area contributed by atoms with Crippen molar-refractivity contribution in [2.75, 3.05) is 43.4 Å². The van der Waals surface area contributed by atoms with E-state index in [2.05, 4.69) is 99.9 Å². The maximum Gasteiger partial charge on any atom is 0.0723 e. The maximum absolute atomic E-state index is 4.62. The second-order valence-corrected chi connectivity index (χ2v) is 10.5. The van der Waals surface area contributed by atoms with E-state index in [1.165, 1.54) is 54.5 Å². The molecule has 1 aliphatic carbocycles. The van der Waals surface area contributed by atoms with E-state index in [1.54, 1.807) is 0 Å². The van der Waals surface area contributed by atoms with Crippen LogP contribution in [-0.2, 0) is 0 Å². The van der Waals surface area contributed by atoms with Crippen LogP contribution in [0.15, 0.2) is 79.0 Å². The second kappa shape index (κ2) is 10.3. The number of benzene rings is 3. The van der Waals surface area contributed by atoms with Crippen LogP contribution in [0.5, 0.6) is 0 Å². The zero-order valence-electron chi connectivity index (χ0n) is 21.3. The topological polar surface area (TPSA) is 31.4 Å². The average molecular weight is 477 g/mol. The van der Waals surface area contributed by atoms with Crippen LogP contribution in [0.2, 0.25) is 0 Å². The molecule has 1 aromatic heterocycles. The van der Waals surface area contributed by atoms with Crippen LogP contribution >= 0.6 is 0 Å². The summed E-state index contributed by atoms with van der Waals surface area (Å²) in [7, 11) is 2.20. The lowest BCUT2D eigenvalue weighted by Crippen LogP contribution is -2.44. The lowest BCUT2D eigenvalue weighted by molar-refractivity contribution is 0.313. The third kappa shape index (κ3) is 4.96. The molecular weight excluding hydrogens is 440 g/mol. The van der Waals surface area contributed by atoms with E-state index in [-0.39, 0.29) is 0 Å². The van der Waals surface area contributed by atoms with Gasteiger partial charge >= 0.3 is 0 Å². The number of hydrogen-bond donors (Lipinski definition) is 1. The number of nitrogens with one attached hydrogen (secondary N) is 1. The molecule has 0 bridgehead atoms. The third-order valence-corrected chi connectivity index (χ3v) is 8.08. The summed E-state index contributed by atoms with van der Waals surface area (Å²) in [5.74, 6) is 0.743.